The summed E-state index contributed by atoms with van der Waals surface area (Å²) in [4.78, 5) is 13.3. The van der Waals surface area contributed by atoms with Crippen LogP contribution in [0.5, 0.6) is 0 Å². The van der Waals surface area contributed by atoms with Gasteiger partial charge in [-0.2, -0.15) is 0 Å². The minimum atomic E-state index is 0.207. The van der Waals surface area contributed by atoms with Crippen LogP contribution in [0.1, 0.15) is 25.8 Å². The molecule has 1 aromatic carbocycles. The molecule has 0 aliphatic heterocycles. The second-order valence-corrected chi connectivity index (χ2v) is 3.90. The zero-order valence-corrected chi connectivity index (χ0v) is 9.73. The van der Waals surface area contributed by atoms with Crippen molar-refractivity contribution in [1.82, 2.24) is 4.90 Å². The fraction of sp³-hybridized carbons (Fsp3) is 0.462. The second kappa shape index (κ2) is 5.54. The molecule has 0 aromatic heterocycles. The molecule has 1 amide bonds. The zero-order valence-electron chi connectivity index (χ0n) is 9.73. The Balaban J connectivity index is 2.56. The molecule has 0 saturated carbocycles. The molecule has 0 N–H and O–H groups in total. The minimum absolute atomic E-state index is 0.207. The van der Waals surface area contributed by atoms with Gasteiger partial charge in [-0.3, -0.25) is 4.79 Å². The Morgan fingerprint density at radius 2 is 1.93 bits per heavy atom. The van der Waals surface area contributed by atoms with Gasteiger partial charge in [0.2, 0.25) is 5.91 Å². The quantitative estimate of drug-likeness (QED) is 0.739. The summed E-state index contributed by atoms with van der Waals surface area (Å²) in [6.45, 7) is 3.98. The van der Waals surface area contributed by atoms with E-state index in [0.29, 0.717) is 6.42 Å². The molecule has 0 radical (unpaired) electrons. The highest BCUT2D eigenvalue weighted by atomic mass is 16.2. The van der Waals surface area contributed by atoms with Gasteiger partial charge in [-0.25, -0.2) is 0 Å². The average molecular weight is 205 g/mol. The van der Waals surface area contributed by atoms with Crippen LogP contribution in [0.25, 0.3) is 0 Å². The highest BCUT2D eigenvalue weighted by Gasteiger charge is 2.13. The van der Waals surface area contributed by atoms with E-state index < -0.39 is 0 Å². The summed E-state index contributed by atoms with van der Waals surface area (Å²) in [5, 5.41) is 0. The van der Waals surface area contributed by atoms with Crippen LogP contribution in [0.2, 0.25) is 0 Å². The largest absolute Gasteiger partial charge is 0.343 e. The lowest BCUT2D eigenvalue weighted by Crippen LogP contribution is -2.35. The SMILES string of the molecule is CCC(=O)N(C)C(C)Cc1ccccc1. The van der Waals surface area contributed by atoms with Gasteiger partial charge in [-0.15, -0.1) is 0 Å². The number of hydrogen-bond acceptors (Lipinski definition) is 1. The van der Waals surface area contributed by atoms with Crippen molar-refractivity contribution >= 4 is 5.91 Å². The molecule has 1 atom stereocenters. The first-order chi connectivity index (χ1) is 7.15. The predicted molar refractivity (Wildman–Crippen MR) is 62.7 cm³/mol. The van der Waals surface area contributed by atoms with E-state index in [9.17, 15) is 4.79 Å². The van der Waals surface area contributed by atoms with Gasteiger partial charge in [0.25, 0.3) is 0 Å². The average Bonchev–Trinajstić information content (AvgIpc) is 2.28. The molecule has 1 rings (SSSR count). The number of carbonyl (C=O) groups excluding carboxylic acids is 1. The van der Waals surface area contributed by atoms with Crippen molar-refractivity contribution < 1.29 is 4.79 Å². The van der Waals surface area contributed by atoms with Crippen molar-refractivity contribution in [3.8, 4) is 0 Å². The van der Waals surface area contributed by atoms with E-state index in [1.165, 1.54) is 5.56 Å². The van der Waals surface area contributed by atoms with Gasteiger partial charge in [0.15, 0.2) is 0 Å². The smallest absolute Gasteiger partial charge is 0.222 e. The molecule has 82 valence electrons. The van der Waals surface area contributed by atoms with Crippen LogP contribution >= 0.6 is 0 Å². The summed E-state index contributed by atoms with van der Waals surface area (Å²) in [6, 6.07) is 10.5. The van der Waals surface area contributed by atoms with E-state index in [1.807, 2.05) is 37.1 Å². The monoisotopic (exact) mass is 205 g/mol. The van der Waals surface area contributed by atoms with E-state index in [0.717, 1.165) is 6.42 Å². The predicted octanol–water partition coefficient (Wildman–Crippen LogP) is 2.49. The molecule has 0 fully saturated rings. The third kappa shape index (κ3) is 3.39. The molecule has 0 spiro atoms. The molecule has 0 saturated heterocycles. The van der Waals surface area contributed by atoms with Crippen LogP contribution in [0.3, 0.4) is 0 Å². The maximum atomic E-state index is 11.5. The third-order valence-electron chi connectivity index (χ3n) is 2.73. The summed E-state index contributed by atoms with van der Waals surface area (Å²) >= 11 is 0. The van der Waals surface area contributed by atoms with Gasteiger partial charge in [0.05, 0.1) is 0 Å². The van der Waals surface area contributed by atoms with Crippen molar-refractivity contribution in [2.45, 2.75) is 32.7 Å². The molecule has 2 heteroatoms. The molecule has 1 unspecified atom stereocenters. The van der Waals surface area contributed by atoms with Gasteiger partial charge < -0.3 is 4.90 Å². The summed E-state index contributed by atoms with van der Waals surface area (Å²) in [5.41, 5.74) is 1.28. The lowest BCUT2D eigenvalue weighted by atomic mass is 10.1. The lowest BCUT2D eigenvalue weighted by Gasteiger charge is -2.24. The Hall–Kier alpha value is -1.31. The topological polar surface area (TPSA) is 20.3 Å². The Morgan fingerprint density at radius 3 is 2.47 bits per heavy atom. The van der Waals surface area contributed by atoms with Crippen molar-refractivity contribution in [3.63, 3.8) is 0 Å². The first kappa shape index (κ1) is 11.8. The van der Waals surface area contributed by atoms with E-state index in [1.54, 1.807) is 0 Å². The molecular weight excluding hydrogens is 186 g/mol. The van der Waals surface area contributed by atoms with Crippen molar-refractivity contribution in [1.29, 1.82) is 0 Å². The van der Waals surface area contributed by atoms with Crippen molar-refractivity contribution in [2.75, 3.05) is 7.05 Å². The van der Waals surface area contributed by atoms with Crippen LogP contribution in [-0.4, -0.2) is 23.9 Å². The van der Waals surface area contributed by atoms with E-state index in [4.69, 9.17) is 0 Å². The highest BCUT2D eigenvalue weighted by Crippen LogP contribution is 2.08. The Bertz CT molecular complexity index is 308. The Morgan fingerprint density at radius 1 is 1.33 bits per heavy atom. The van der Waals surface area contributed by atoms with Crippen LogP contribution in [-0.2, 0) is 11.2 Å². The molecule has 15 heavy (non-hydrogen) atoms. The number of benzene rings is 1. The number of amides is 1. The van der Waals surface area contributed by atoms with Gasteiger partial charge in [-0.05, 0) is 18.9 Å². The van der Waals surface area contributed by atoms with Crippen LogP contribution in [0.15, 0.2) is 30.3 Å². The van der Waals surface area contributed by atoms with Gasteiger partial charge in [0.1, 0.15) is 0 Å². The Kier molecular flexibility index (Phi) is 4.35. The normalized spacial score (nSPS) is 12.2. The van der Waals surface area contributed by atoms with Crippen molar-refractivity contribution in [3.05, 3.63) is 35.9 Å². The van der Waals surface area contributed by atoms with Crippen LogP contribution in [0.4, 0.5) is 0 Å². The van der Waals surface area contributed by atoms with Crippen LogP contribution in [0, 0.1) is 0 Å². The third-order valence-corrected chi connectivity index (χ3v) is 2.73. The number of hydrogen-bond donors (Lipinski definition) is 0. The molecule has 0 aliphatic carbocycles. The fourth-order valence-electron chi connectivity index (χ4n) is 1.59. The molecular formula is C13H19NO. The van der Waals surface area contributed by atoms with Gasteiger partial charge >= 0.3 is 0 Å². The molecule has 1 aromatic rings. The summed E-state index contributed by atoms with van der Waals surface area (Å²) < 4.78 is 0. The van der Waals surface area contributed by atoms with Gasteiger partial charge in [0, 0.05) is 19.5 Å². The number of rotatable bonds is 4. The zero-order chi connectivity index (χ0) is 11.3. The van der Waals surface area contributed by atoms with Crippen molar-refractivity contribution in [2.24, 2.45) is 0 Å². The maximum Gasteiger partial charge on any atom is 0.222 e. The highest BCUT2D eigenvalue weighted by molar-refractivity contribution is 5.75. The first-order valence-corrected chi connectivity index (χ1v) is 5.44. The second-order valence-electron chi connectivity index (χ2n) is 3.90. The molecule has 0 aliphatic rings. The molecule has 0 bridgehead atoms. The van der Waals surface area contributed by atoms with Gasteiger partial charge in [-0.1, -0.05) is 37.3 Å². The lowest BCUT2D eigenvalue weighted by molar-refractivity contribution is -0.131. The summed E-state index contributed by atoms with van der Waals surface area (Å²) in [5.74, 6) is 0.207. The maximum absolute atomic E-state index is 11.5. The van der Waals surface area contributed by atoms with E-state index in [2.05, 4.69) is 19.1 Å². The fourth-order valence-corrected chi connectivity index (χ4v) is 1.59. The first-order valence-electron chi connectivity index (χ1n) is 5.44. The standard InChI is InChI=1S/C13H19NO/c1-4-13(15)14(3)11(2)10-12-8-6-5-7-9-12/h5-9,11H,4,10H2,1-3H3. The minimum Gasteiger partial charge on any atom is -0.343 e. The van der Waals surface area contributed by atoms with E-state index >= 15 is 0 Å². The Labute approximate surface area is 91.9 Å². The molecule has 0 heterocycles. The molecule has 2 nitrogen and oxygen atoms in total. The summed E-state index contributed by atoms with van der Waals surface area (Å²) in [7, 11) is 1.87. The van der Waals surface area contributed by atoms with Crippen LogP contribution < -0.4 is 0 Å². The van der Waals surface area contributed by atoms with E-state index in [-0.39, 0.29) is 11.9 Å². The summed E-state index contributed by atoms with van der Waals surface area (Å²) in [6.07, 6.45) is 1.50. The number of likely N-dealkylation sites (N-methyl/N-ethyl adjacent to an activating group) is 1. The number of carbonyl (C=O) groups is 1. The number of nitrogens with zero attached hydrogens (tertiary/aromatic N) is 1.